The molecule has 2 atom stereocenters. The number of nitrogens with one attached hydrogen (secondary N) is 1. The molecular formula is C23H25NO4. The molecule has 2 aromatic carbocycles. The van der Waals surface area contributed by atoms with Crippen LogP contribution in [-0.2, 0) is 28.0 Å². The lowest BCUT2D eigenvalue weighted by Gasteiger charge is -2.12. The lowest BCUT2D eigenvalue weighted by molar-refractivity contribution is -0.137. The first-order valence-corrected chi connectivity index (χ1v) is 9.88. The van der Waals surface area contributed by atoms with Gasteiger partial charge in [0.2, 0.25) is 5.91 Å². The van der Waals surface area contributed by atoms with Gasteiger partial charge in [0.05, 0.1) is 6.61 Å². The zero-order valence-electron chi connectivity index (χ0n) is 15.8. The summed E-state index contributed by atoms with van der Waals surface area (Å²) >= 11 is 0. The smallest absolute Gasteiger partial charge is 0.303 e. The number of rotatable bonds is 8. The molecule has 2 N–H and O–H groups in total. The SMILES string of the molecule is O=C(O)CCCOc1ccc(CNC(=O)C2CC23CCc2ccccc23)cc1. The van der Waals surface area contributed by atoms with Gasteiger partial charge in [0.15, 0.2) is 0 Å². The van der Waals surface area contributed by atoms with Crippen LogP contribution in [0, 0.1) is 5.92 Å². The summed E-state index contributed by atoms with van der Waals surface area (Å²) in [4.78, 5) is 23.1. The van der Waals surface area contributed by atoms with E-state index in [0.717, 1.165) is 24.8 Å². The van der Waals surface area contributed by atoms with E-state index in [1.807, 2.05) is 24.3 Å². The molecule has 0 bridgehead atoms. The highest BCUT2D eigenvalue weighted by atomic mass is 16.5. The van der Waals surface area contributed by atoms with Gasteiger partial charge in [-0.2, -0.15) is 0 Å². The maximum atomic E-state index is 12.7. The van der Waals surface area contributed by atoms with Gasteiger partial charge in [-0.15, -0.1) is 0 Å². The standard InChI is InChI=1S/C23H25NO4/c25-21(26)6-3-13-28-18-9-7-16(8-10-18)15-24-22(27)20-14-23(20)12-11-17-4-1-2-5-19(17)23/h1-2,4-5,7-10,20H,3,6,11-15H2,(H,24,27)(H,25,26). The van der Waals surface area contributed by atoms with Crippen LogP contribution in [0.4, 0.5) is 0 Å². The maximum absolute atomic E-state index is 12.7. The summed E-state index contributed by atoms with van der Waals surface area (Å²) in [5.74, 6) is 0.135. The molecule has 2 aliphatic rings. The zero-order chi connectivity index (χ0) is 19.6. The van der Waals surface area contributed by atoms with Crippen LogP contribution < -0.4 is 10.1 Å². The first kappa shape index (κ1) is 18.5. The summed E-state index contributed by atoms with van der Waals surface area (Å²) in [6.07, 6.45) is 3.71. The van der Waals surface area contributed by atoms with Crippen LogP contribution in [-0.4, -0.2) is 23.6 Å². The zero-order valence-corrected chi connectivity index (χ0v) is 15.8. The van der Waals surface area contributed by atoms with Gasteiger partial charge in [0, 0.05) is 24.3 Å². The lowest BCUT2D eigenvalue weighted by Crippen LogP contribution is -2.27. The van der Waals surface area contributed by atoms with Crippen molar-refractivity contribution < 1.29 is 19.4 Å². The number of hydrogen-bond acceptors (Lipinski definition) is 3. The predicted molar refractivity (Wildman–Crippen MR) is 105 cm³/mol. The van der Waals surface area contributed by atoms with Crippen LogP contribution in [0.2, 0.25) is 0 Å². The molecule has 1 spiro atoms. The Hall–Kier alpha value is -2.82. The van der Waals surface area contributed by atoms with Crippen LogP contribution >= 0.6 is 0 Å². The van der Waals surface area contributed by atoms with E-state index in [0.29, 0.717) is 25.3 Å². The molecule has 4 rings (SSSR count). The molecule has 146 valence electrons. The van der Waals surface area contributed by atoms with Crippen molar-refractivity contribution in [1.82, 2.24) is 5.32 Å². The molecule has 1 fully saturated rings. The molecule has 2 aliphatic carbocycles. The van der Waals surface area contributed by atoms with E-state index in [-0.39, 0.29) is 23.7 Å². The van der Waals surface area contributed by atoms with Crippen LogP contribution in [0.3, 0.4) is 0 Å². The van der Waals surface area contributed by atoms with E-state index in [2.05, 4.69) is 29.6 Å². The Bertz CT molecular complexity index is 876. The summed E-state index contributed by atoms with van der Waals surface area (Å²) in [7, 11) is 0. The summed E-state index contributed by atoms with van der Waals surface area (Å²) in [5.41, 5.74) is 3.87. The summed E-state index contributed by atoms with van der Waals surface area (Å²) in [5, 5.41) is 11.7. The van der Waals surface area contributed by atoms with Crippen molar-refractivity contribution in [2.24, 2.45) is 5.92 Å². The van der Waals surface area contributed by atoms with Crippen molar-refractivity contribution in [2.45, 2.75) is 44.1 Å². The molecule has 5 heteroatoms. The number of amides is 1. The number of fused-ring (bicyclic) bond motifs is 2. The molecule has 0 aromatic heterocycles. The van der Waals surface area contributed by atoms with Crippen LogP contribution in [0.5, 0.6) is 5.75 Å². The van der Waals surface area contributed by atoms with Gasteiger partial charge in [-0.1, -0.05) is 36.4 Å². The topological polar surface area (TPSA) is 75.6 Å². The third-order valence-corrected chi connectivity index (χ3v) is 5.98. The minimum absolute atomic E-state index is 0.0777. The molecule has 28 heavy (non-hydrogen) atoms. The van der Waals surface area contributed by atoms with Gasteiger partial charge in [-0.3, -0.25) is 9.59 Å². The summed E-state index contributed by atoms with van der Waals surface area (Å²) < 4.78 is 5.53. The predicted octanol–water partition coefficient (Wildman–Crippen LogP) is 3.45. The second-order valence-electron chi connectivity index (χ2n) is 7.78. The second-order valence-corrected chi connectivity index (χ2v) is 7.78. The molecule has 1 saturated carbocycles. The minimum atomic E-state index is -0.812. The Kier molecular flexibility index (Phi) is 5.07. The number of carboxylic acids is 1. The van der Waals surface area contributed by atoms with E-state index in [1.165, 1.54) is 11.1 Å². The Morgan fingerprint density at radius 2 is 1.93 bits per heavy atom. The highest BCUT2D eigenvalue weighted by Gasteiger charge is 2.61. The third-order valence-electron chi connectivity index (χ3n) is 5.98. The normalized spacial score (nSPS) is 21.9. The summed E-state index contributed by atoms with van der Waals surface area (Å²) in [6, 6.07) is 16.1. The van der Waals surface area contributed by atoms with Gasteiger partial charge >= 0.3 is 5.97 Å². The van der Waals surface area contributed by atoms with Gasteiger partial charge < -0.3 is 15.2 Å². The van der Waals surface area contributed by atoms with Crippen molar-refractivity contribution in [2.75, 3.05) is 6.61 Å². The van der Waals surface area contributed by atoms with Crippen molar-refractivity contribution in [3.8, 4) is 5.75 Å². The molecule has 2 aromatic rings. The molecule has 1 amide bonds. The number of carbonyl (C=O) groups is 2. The number of carbonyl (C=O) groups excluding carboxylic acids is 1. The fourth-order valence-corrected chi connectivity index (χ4v) is 4.37. The van der Waals surface area contributed by atoms with Crippen molar-refractivity contribution in [3.05, 3.63) is 65.2 Å². The molecule has 5 nitrogen and oxygen atoms in total. The average Bonchev–Trinajstić information content (AvgIpc) is 3.33. The Balaban J connectivity index is 1.25. The molecule has 0 aliphatic heterocycles. The second kappa shape index (κ2) is 7.66. The van der Waals surface area contributed by atoms with Crippen molar-refractivity contribution in [1.29, 1.82) is 0 Å². The molecule has 0 radical (unpaired) electrons. The Morgan fingerprint density at radius 1 is 1.14 bits per heavy atom. The molecular weight excluding hydrogens is 354 g/mol. The first-order valence-electron chi connectivity index (χ1n) is 9.88. The largest absolute Gasteiger partial charge is 0.494 e. The quantitative estimate of drug-likeness (QED) is 0.689. The molecule has 0 saturated heterocycles. The van der Waals surface area contributed by atoms with Gasteiger partial charge in [0.1, 0.15) is 5.75 Å². The average molecular weight is 379 g/mol. The van der Waals surface area contributed by atoms with E-state index in [1.54, 1.807) is 0 Å². The Morgan fingerprint density at radius 3 is 2.71 bits per heavy atom. The monoisotopic (exact) mass is 379 g/mol. The van der Waals surface area contributed by atoms with E-state index >= 15 is 0 Å². The maximum Gasteiger partial charge on any atom is 0.303 e. The summed E-state index contributed by atoms with van der Waals surface area (Å²) in [6.45, 7) is 0.889. The van der Waals surface area contributed by atoms with E-state index in [9.17, 15) is 9.59 Å². The van der Waals surface area contributed by atoms with Crippen LogP contribution in [0.25, 0.3) is 0 Å². The number of aryl methyl sites for hydroxylation is 1. The first-order chi connectivity index (χ1) is 13.6. The van der Waals surface area contributed by atoms with Crippen molar-refractivity contribution in [3.63, 3.8) is 0 Å². The van der Waals surface area contributed by atoms with E-state index in [4.69, 9.17) is 9.84 Å². The number of benzene rings is 2. The van der Waals surface area contributed by atoms with Gasteiger partial charge in [-0.25, -0.2) is 0 Å². The van der Waals surface area contributed by atoms with Gasteiger partial charge in [0.25, 0.3) is 0 Å². The third kappa shape index (κ3) is 3.75. The fourth-order valence-electron chi connectivity index (χ4n) is 4.37. The van der Waals surface area contributed by atoms with Crippen molar-refractivity contribution >= 4 is 11.9 Å². The Labute approximate surface area is 164 Å². The molecule has 0 heterocycles. The number of ether oxygens (including phenoxy) is 1. The van der Waals surface area contributed by atoms with Crippen LogP contribution in [0.15, 0.2) is 48.5 Å². The van der Waals surface area contributed by atoms with Gasteiger partial charge in [-0.05, 0) is 54.5 Å². The van der Waals surface area contributed by atoms with E-state index < -0.39 is 5.97 Å². The fraction of sp³-hybridized carbons (Fsp3) is 0.391. The highest BCUT2D eigenvalue weighted by molar-refractivity contribution is 5.85. The number of carboxylic acid groups (broad SMARTS) is 1. The highest BCUT2D eigenvalue weighted by Crippen LogP contribution is 2.61. The number of hydrogen-bond donors (Lipinski definition) is 2. The minimum Gasteiger partial charge on any atom is -0.494 e. The van der Waals surface area contributed by atoms with Crippen LogP contribution in [0.1, 0.15) is 42.4 Å². The molecule has 2 unspecified atom stereocenters. The number of aliphatic carboxylic acids is 1. The lowest BCUT2D eigenvalue weighted by atomic mass is 9.95.